The maximum Gasteiger partial charge on any atom is 0.472 e. The van der Waals surface area contributed by atoms with Crippen molar-refractivity contribution >= 4 is 30.4 Å². The maximum atomic E-state index is 11.9. The first-order valence-corrected chi connectivity index (χ1v) is 16.9. The number of hydrogen-bond donors (Lipinski definition) is 1. The monoisotopic (exact) mass is 638 g/mol. The summed E-state index contributed by atoms with van der Waals surface area (Å²) in [5.74, 6) is 0.721. The van der Waals surface area contributed by atoms with E-state index in [1.807, 2.05) is 21.1 Å². The Hall–Kier alpha value is 0.0200. The first-order chi connectivity index (χ1) is 17.1. The Kier molecular flexibility index (Phi) is 18.9. The molecule has 0 radical (unpaired) electrons. The van der Waals surface area contributed by atoms with Gasteiger partial charge in [0.2, 0.25) is 0 Å². The average molecular weight is 639 g/mol. The fourth-order valence-electron chi connectivity index (χ4n) is 4.41. The number of phosphoric ester groups is 1. The van der Waals surface area contributed by atoms with E-state index in [1.54, 1.807) is 0 Å². The van der Waals surface area contributed by atoms with Gasteiger partial charge in [-0.05, 0) is 65.5 Å². The molecule has 0 bridgehead atoms. The normalized spacial score (nSPS) is 14.6. The van der Waals surface area contributed by atoms with Crippen LogP contribution in [0.15, 0.2) is 24.3 Å². The van der Waals surface area contributed by atoms with E-state index in [2.05, 4.69) is 53.8 Å². The number of benzene rings is 1. The van der Waals surface area contributed by atoms with Gasteiger partial charge in [0.1, 0.15) is 13.2 Å². The molecule has 0 saturated heterocycles. The quantitative estimate of drug-likeness (QED) is 0.0563. The summed E-state index contributed by atoms with van der Waals surface area (Å²) >= 11 is 2.40. The number of quaternary nitrogens is 1. The SMILES string of the molecule is CCCCCCC(CCCCCCCCCCCOP(=O)(O)OCC[N+](C)(C)C)c1ccc(I)cc1. The van der Waals surface area contributed by atoms with Gasteiger partial charge in [0, 0.05) is 3.57 Å². The van der Waals surface area contributed by atoms with Crippen LogP contribution in [0.3, 0.4) is 0 Å². The second-order valence-corrected chi connectivity index (χ2v) is 13.9. The van der Waals surface area contributed by atoms with Crippen molar-refractivity contribution in [3.05, 3.63) is 33.4 Å². The molecule has 210 valence electrons. The van der Waals surface area contributed by atoms with E-state index in [-0.39, 0.29) is 6.61 Å². The lowest BCUT2D eigenvalue weighted by atomic mass is 9.88. The Labute approximate surface area is 236 Å². The van der Waals surface area contributed by atoms with E-state index in [0.29, 0.717) is 17.6 Å². The number of likely N-dealkylation sites (N-methyl/N-ethyl adjacent to an activating group) is 1. The smallest absolute Gasteiger partial charge is 0.329 e. The zero-order valence-electron chi connectivity index (χ0n) is 23.6. The van der Waals surface area contributed by atoms with Crippen LogP contribution in [0.1, 0.15) is 115 Å². The Morgan fingerprint density at radius 2 is 1.25 bits per heavy atom. The Bertz CT molecular complexity index is 708. The fourth-order valence-corrected chi connectivity index (χ4v) is 5.51. The van der Waals surface area contributed by atoms with Gasteiger partial charge in [-0.1, -0.05) is 96.1 Å². The number of hydrogen-bond acceptors (Lipinski definition) is 3. The van der Waals surface area contributed by atoms with E-state index in [9.17, 15) is 9.46 Å². The lowest BCUT2D eigenvalue weighted by Crippen LogP contribution is -2.37. The molecular formula is C29H54INO4P+. The minimum Gasteiger partial charge on any atom is -0.329 e. The Balaban J connectivity index is 2.06. The molecule has 0 spiro atoms. The zero-order chi connectivity index (χ0) is 26.7. The van der Waals surface area contributed by atoms with Gasteiger partial charge in [-0.25, -0.2) is 4.57 Å². The van der Waals surface area contributed by atoms with E-state index in [1.165, 1.54) is 86.2 Å². The molecule has 0 heterocycles. The molecule has 0 aromatic heterocycles. The van der Waals surface area contributed by atoms with Gasteiger partial charge in [0.15, 0.2) is 0 Å². The van der Waals surface area contributed by atoms with Gasteiger partial charge in [-0.2, -0.15) is 0 Å². The van der Waals surface area contributed by atoms with Crippen LogP contribution in [0.2, 0.25) is 0 Å². The van der Waals surface area contributed by atoms with Crippen LogP contribution in [0.25, 0.3) is 0 Å². The fraction of sp³-hybridized carbons (Fsp3) is 0.793. The first kappa shape index (κ1) is 34.0. The predicted octanol–water partition coefficient (Wildman–Crippen LogP) is 9.09. The Morgan fingerprint density at radius 3 is 1.78 bits per heavy atom. The molecule has 2 atom stereocenters. The van der Waals surface area contributed by atoms with Crippen molar-refractivity contribution < 1.29 is 23.0 Å². The van der Waals surface area contributed by atoms with Crippen LogP contribution in [-0.4, -0.2) is 50.3 Å². The number of phosphoric acid groups is 1. The standard InChI is InChI=1S/C29H53INO4P/c1-5-6-7-15-18-27(28-20-22-29(30)23-21-28)19-16-13-11-9-8-10-12-14-17-25-34-36(32,33)35-26-24-31(2,3)4/h20-23,27H,5-19,24-26H2,1-4H3/p+1. The molecule has 0 aliphatic heterocycles. The molecule has 7 heteroatoms. The van der Waals surface area contributed by atoms with Crippen LogP contribution in [0.5, 0.6) is 0 Å². The summed E-state index contributed by atoms with van der Waals surface area (Å²) in [6.45, 7) is 3.47. The number of nitrogens with zero attached hydrogens (tertiary/aromatic N) is 1. The highest BCUT2D eigenvalue weighted by atomic mass is 127. The third-order valence-electron chi connectivity index (χ3n) is 6.72. The molecule has 2 unspecified atom stereocenters. The zero-order valence-corrected chi connectivity index (χ0v) is 26.6. The Morgan fingerprint density at radius 1 is 0.778 bits per heavy atom. The highest BCUT2D eigenvalue weighted by molar-refractivity contribution is 14.1. The molecule has 0 fully saturated rings. The molecule has 0 amide bonds. The summed E-state index contributed by atoms with van der Waals surface area (Å²) in [6.07, 6.45) is 18.9. The van der Waals surface area contributed by atoms with Gasteiger partial charge >= 0.3 is 7.82 Å². The van der Waals surface area contributed by atoms with Crippen molar-refractivity contribution in [3.63, 3.8) is 0 Å². The summed E-state index contributed by atoms with van der Waals surface area (Å²) in [5.41, 5.74) is 1.53. The second-order valence-electron chi connectivity index (χ2n) is 11.2. The summed E-state index contributed by atoms with van der Waals surface area (Å²) in [6, 6.07) is 9.20. The van der Waals surface area contributed by atoms with Crippen LogP contribution in [0.4, 0.5) is 0 Å². The van der Waals surface area contributed by atoms with E-state index < -0.39 is 7.82 Å². The summed E-state index contributed by atoms with van der Waals surface area (Å²) < 4.78 is 24.0. The largest absolute Gasteiger partial charge is 0.472 e. The number of halogens is 1. The van der Waals surface area contributed by atoms with Crippen LogP contribution < -0.4 is 0 Å². The highest BCUT2D eigenvalue weighted by Crippen LogP contribution is 2.43. The lowest BCUT2D eigenvalue weighted by molar-refractivity contribution is -0.870. The molecule has 0 aliphatic carbocycles. The van der Waals surface area contributed by atoms with Crippen molar-refractivity contribution in [2.45, 2.75) is 109 Å². The topological polar surface area (TPSA) is 55.8 Å². The van der Waals surface area contributed by atoms with Crippen LogP contribution in [-0.2, 0) is 13.6 Å². The van der Waals surface area contributed by atoms with E-state index in [4.69, 9.17) is 9.05 Å². The summed E-state index contributed by atoms with van der Waals surface area (Å²) in [7, 11) is 2.15. The van der Waals surface area contributed by atoms with Crippen LogP contribution >= 0.6 is 30.4 Å². The molecule has 1 N–H and O–H groups in total. The molecule has 36 heavy (non-hydrogen) atoms. The van der Waals surface area contributed by atoms with Crippen LogP contribution in [0, 0.1) is 3.57 Å². The minimum absolute atomic E-state index is 0.225. The molecule has 1 aromatic carbocycles. The lowest BCUT2D eigenvalue weighted by Gasteiger charge is -2.24. The molecule has 1 rings (SSSR count). The van der Waals surface area contributed by atoms with Gasteiger partial charge in [0.25, 0.3) is 0 Å². The van der Waals surface area contributed by atoms with Crippen molar-refractivity contribution in [2.24, 2.45) is 0 Å². The molecule has 0 saturated carbocycles. The van der Waals surface area contributed by atoms with Crippen molar-refractivity contribution in [2.75, 3.05) is 40.9 Å². The summed E-state index contributed by atoms with van der Waals surface area (Å²) in [5, 5.41) is 0. The van der Waals surface area contributed by atoms with Gasteiger partial charge < -0.3 is 9.38 Å². The van der Waals surface area contributed by atoms with Gasteiger partial charge in [-0.3, -0.25) is 9.05 Å². The predicted molar refractivity (Wildman–Crippen MR) is 161 cm³/mol. The second kappa shape index (κ2) is 20.0. The molecule has 1 aromatic rings. The van der Waals surface area contributed by atoms with E-state index >= 15 is 0 Å². The maximum absolute atomic E-state index is 11.9. The van der Waals surface area contributed by atoms with Crippen molar-refractivity contribution in [1.29, 1.82) is 0 Å². The highest BCUT2D eigenvalue weighted by Gasteiger charge is 2.22. The van der Waals surface area contributed by atoms with E-state index in [0.717, 1.165) is 25.2 Å². The van der Waals surface area contributed by atoms with Gasteiger partial charge in [0.05, 0.1) is 27.7 Å². The number of rotatable bonds is 23. The van der Waals surface area contributed by atoms with Crippen molar-refractivity contribution in [3.8, 4) is 0 Å². The van der Waals surface area contributed by atoms with Crippen molar-refractivity contribution in [1.82, 2.24) is 0 Å². The van der Waals surface area contributed by atoms with Gasteiger partial charge in [-0.15, -0.1) is 0 Å². The average Bonchev–Trinajstić information content (AvgIpc) is 2.80. The first-order valence-electron chi connectivity index (χ1n) is 14.3. The number of unbranched alkanes of at least 4 members (excludes halogenated alkanes) is 11. The molecule has 0 aliphatic rings. The minimum atomic E-state index is -3.91. The third-order valence-corrected chi connectivity index (χ3v) is 8.45. The summed E-state index contributed by atoms with van der Waals surface area (Å²) in [4.78, 5) is 9.73. The third kappa shape index (κ3) is 19.1. The molecule has 5 nitrogen and oxygen atoms in total. The molecular weight excluding hydrogens is 584 g/mol.